The second-order valence-corrected chi connectivity index (χ2v) is 9.90. The van der Waals surface area contributed by atoms with Gasteiger partial charge in [0.25, 0.3) is 0 Å². The molecule has 0 spiro atoms. The zero-order chi connectivity index (χ0) is 23.5. The van der Waals surface area contributed by atoms with Crippen LogP contribution in [-0.2, 0) is 17.9 Å². The average molecular weight is 517 g/mol. The number of para-hydroxylation sites is 2. The first-order chi connectivity index (χ1) is 16.6. The van der Waals surface area contributed by atoms with E-state index in [1.807, 2.05) is 30.3 Å². The summed E-state index contributed by atoms with van der Waals surface area (Å²) in [5, 5.41) is 3.13. The normalized spacial score (nSPS) is 14.5. The number of aryl methyl sites for hydroxylation is 1. The largest absolute Gasteiger partial charge is 0.352 e. The summed E-state index contributed by atoms with van der Waals surface area (Å²) in [7, 11) is 0. The van der Waals surface area contributed by atoms with Gasteiger partial charge in [-0.3, -0.25) is 4.79 Å². The number of rotatable bonds is 6. The van der Waals surface area contributed by atoms with Gasteiger partial charge in [0.05, 0.1) is 17.6 Å². The Bertz CT molecular complexity index is 1310. The number of benzene rings is 3. The van der Waals surface area contributed by atoms with Crippen molar-refractivity contribution in [1.29, 1.82) is 0 Å². The Morgan fingerprint density at radius 3 is 2.59 bits per heavy atom. The van der Waals surface area contributed by atoms with Crippen LogP contribution in [0.15, 0.2) is 77.3 Å². The van der Waals surface area contributed by atoms with E-state index < -0.39 is 0 Å². The average Bonchev–Trinajstić information content (AvgIpc) is 3.22. The van der Waals surface area contributed by atoms with Crippen LogP contribution >= 0.6 is 15.9 Å². The van der Waals surface area contributed by atoms with Crippen molar-refractivity contribution in [3.8, 4) is 0 Å². The number of fused-ring (bicyclic) bond motifs is 1. The molecule has 0 saturated carbocycles. The number of imidazole rings is 1. The zero-order valence-electron chi connectivity index (χ0n) is 19.4. The number of anilines is 1. The minimum Gasteiger partial charge on any atom is -0.352 e. The number of carbonyl (C=O) groups excluding carboxylic acids is 1. The lowest BCUT2D eigenvalue weighted by Gasteiger charge is -2.32. The van der Waals surface area contributed by atoms with Crippen molar-refractivity contribution in [2.24, 2.45) is 5.92 Å². The van der Waals surface area contributed by atoms with Crippen molar-refractivity contribution in [1.82, 2.24) is 14.9 Å². The van der Waals surface area contributed by atoms with Crippen LogP contribution < -0.4 is 10.2 Å². The summed E-state index contributed by atoms with van der Waals surface area (Å²) in [4.78, 5) is 20.2. The van der Waals surface area contributed by atoms with Crippen LogP contribution in [0, 0.1) is 12.8 Å². The highest BCUT2D eigenvalue weighted by Gasteiger charge is 2.27. The van der Waals surface area contributed by atoms with Gasteiger partial charge >= 0.3 is 0 Å². The number of nitrogens with one attached hydrogen (secondary N) is 1. The molecule has 0 radical (unpaired) electrons. The summed E-state index contributed by atoms with van der Waals surface area (Å²) in [6.45, 7) is 5.11. The molecule has 5 nitrogen and oxygen atoms in total. The molecule has 1 aliphatic rings. The number of aromatic nitrogens is 2. The quantitative estimate of drug-likeness (QED) is 0.358. The highest BCUT2D eigenvalue weighted by Crippen LogP contribution is 2.28. The highest BCUT2D eigenvalue weighted by atomic mass is 79.9. The highest BCUT2D eigenvalue weighted by molar-refractivity contribution is 9.10. The van der Waals surface area contributed by atoms with Gasteiger partial charge < -0.3 is 14.8 Å². The number of piperidine rings is 1. The number of carbonyl (C=O) groups is 1. The number of halogens is 1. The smallest absolute Gasteiger partial charge is 0.223 e. The topological polar surface area (TPSA) is 50.2 Å². The fraction of sp³-hybridized carbons (Fsp3) is 0.286. The Morgan fingerprint density at radius 1 is 1.03 bits per heavy atom. The molecule has 3 aromatic carbocycles. The van der Waals surface area contributed by atoms with E-state index >= 15 is 0 Å². The molecule has 1 aromatic heterocycles. The van der Waals surface area contributed by atoms with Crippen LogP contribution in [0.4, 0.5) is 5.95 Å². The van der Waals surface area contributed by atoms with Crippen LogP contribution in [0.25, 0.3) is 11.0 Å². The van der Waals surface area contributed by atoms with Gasteiger partial charge in [-0.25, -0.2) is 4.98 Å². The van der Waals surface area contributed by atoms with Crippen LogP contribution in [0.2, 0.25) is 0 Å². The third-order valence-electron chi connectivity index (χ3n) is 6.62. The lowest BCUT2D eigenvalue weighted by Crippen LogP contribution is -2.41. The fourth-order valence-electron chi connectivity index (χ4n) is 4.76. The first-order valence-corrected chi connectivity index (χ1v) is 12.6. The summed E-state index contributed by atoms with van der Waals surface area (Å²) >= 11 is 3.56. The molecule has 4 aromatic rings. The maximum Gasteiger partial charge on any atom is 0.223 e. The zero-order valence-corrected chi connectivity index (χ0v) is 21.0. The first kappa shape index (κ1) is 22.7. The lowest BCUT2D eigenvalue weighted by atomic mass is 9.96. The van der Waals surface area contributed by atoms with Gasteiger partial charge in [-0.15, -0.1) is 0 Å². The molecule has 174 valence electrons. The summed E-state index contributed by atoms with van der Waals surface area (Å²) in [6.07, 6.45) is 1.66. The Labute approximate surface area is 208 Å². The molecular weight excluding hydrogens is 488 g/mol. The molecule has 2 heterocycles. The van der Waals surface area contributed by atoms with E-state index in [1.165, 1.54) is 11.1 Å². The molecule has 1 aliphatic heterocycles. The van der Waals surface area contributed by atoms with E-state index in [-0.39, 0.29) is 11.8 Å². The van der Waals surface area contributed by atoms with Gasteiger partial charge in [-0.2, -0.15) is 0 Å². The lowest BCUT2D eigenvalue weighted by molar-refractivity contribution is -0.125. The van der Waals surface area contributed by atoms with Gasteiger partial charge in [0, 0.05) is 30.0 Å². The minimum absolute atomic E-state index is 0.0355. The number of nitrogens with zero attached hydrogens (tertiary/aromatic N) is 3. The van der Waals surface area contributed by atoms with E-state index in [4.69, 9.17) is 4.98 Å². The molecule has 6 heteroatoms. The molecule has 1 saturated heterocycles. The molecule has 1 N–H and O–H groups in total. The van der Waals surface area contributed by atoms with Crippen molar-refractivity contribution < 1.29 is 4.79 Å². The molecule has 0 aliphatic carbocycles. The second kappa shape index (κ2) is 10.0. The van der Waals surface area contributed by atoms with Crippen molar-refractivity contribution >= 4 is 38.8 Å². The molecule has 1 fully saturated rings. The molecule has 0 unspecified atom stereocenters. The molecule has 0 atom stereocenters. The number of amides is 1. The van der Waals surface area contributed by atoms with Crippen molar-refractivity contribution in [3.05, 3.63) is 94.0 Å². The number of hydrogen-bond donors (Lipinski definition) is 1. The van der Waals surface area contributed by atoms with Crippen LogP contribution in [0.1, 0.15) is 29.5 Å². The van der Waals surface area contributed by atoms with Crippen LogP contribution in [0.3, 0.4) is 0 Å². The van der Waals surface area contributed by atoms with Gasteiger partial charge in [0.15, 0.2) is 0 Å². The summed E-state index contributed by atoms with van der Waals surface area (Å²) < 4.78 is 3.34. The predicted octanol–water partition coefficient (Wildman–Crippen LogP) is 5.69. The maximum absolute atomic E-state index is 12.8. The van der Waals surface area contributed by atoms with E-state index in [2.05, 4.69) is 80.1 Å². The number of hydrogen-bond acceptors (Lipinski definition) is 3. The van der Waals surface area contributed by atoms with Crippen molar-refractivity contribution in [3.63, 3.8) is 0 Å². The Hall–Kier alpha value is -3.12. The predicted molar refractivity (Wildman–Crippen MR) is 141 cm³/mol. The maximum atomic E-state index is 12.8. The summed E-state index contributed by atoms with van der Waals surface area (Å²) in [6, 6.07) is 25.0. The van der Waals surface area contributed by atoms with E-state index in [0.29, 0.717) is 6.54 Å². The Kier molecular flexibility index (Phi) is 6.68. The summed E-state index contributed by atoms with van der Waals surface area (Å²) in [5.74, 6) is 1.17. The SMILES string of the molecule is Cc1cccc(Cn2c(N3CCC(C(=O)NCc4ccccc4Br)CC3)nc3ccccc32)c1. The molecule has 5 rings (SSSR count). The second-order valence-electron chi connectivity index (χ2n) is 9.05. The Balaban J connectivity index is 1.29. The molecule has 0 bridgehead atoms. The molecule has 34 heavy (non-hydrogen) atoms. The monoisotopic (exact) mass is 516 g/mol. The van der Waals surface area contributed by atoms with Crippen LogP contribution in [0.5, 0.6) is 0 Å². The first-order valence-electron chi connectivity index (χ1n) is 11.9. The van der Waals surface area contributed by atoms with Crippen molar-refractivity contribution in [2.75, 3.05) is 18.0 Å². The van der Waals surface area contributed by atoms with Crippen molar-refractivity contribution in [2.45, 2.75) is 32.9 Å². The van der Waals surface area contributed by atoms with Gasteiger partial charge in [0.1, 0.15) is 0 Å². The summed E-state index contributed by atoms with van der Waals surface area (Å²) in [5.41, 5.74) is 5.78. The molecule has 1 amide bonds. The third-order valence-corrected chi connectivity index (χ3v) is 7.39. The van der Waals surface area contributed by atoms with Gasteiger partial charge in [-0.1, -0.05) is 76.1 Å². The fourth-order valence-corrected chi connectivity index (χ4v) is 5.19. The molecular formula is C28H29BrN4O. The Morgan fingerprint density at radius 2 is 1.79 bits per heavy atom. The van der Waals surface area contributed by atoms with E-state index in [0.717, 1.165) is 59.5 Å². The minimum atomic E-state index is 0.0355. The van der Waals surface area contributed by atoms with Gasteiger partial charge in [-0.05, 0) is 49.1 Å². The van der Waals surface area contributed by atoms with Crippen LogP contribution in [-0.4, -0.2) is 28.5 Å². The van der Waals surface area contributed by atoms with Gasteiger partial charge in [0.2, 0.25) is 11.9 Å². The van der Waals surface area contributed by atoms with E-state index in [9.17, 15) is 4.79 Å². The van der Waals surface area contributed by atoms with E-state index in [1.54, 1.807) is 0 Å². The third kappa shape index (κ3) is 4.87. The standard InChI is InChI=1S/C28H29BrN4O/c1-20-7-6-8-21(17-20)19-33-26-12-5-4-11-25(26)31-28(33)32-15-13-22(14-16-32)27(34)30-18-23-9-2-3-10-24(23)29/h2-12,17,22H,13-16,18-19H2,1H3,(H,30,34).